The van der Waals surface area contributed by atoms with E-state index in [1.807, 2.05) is 30.2 Å². The van der Waals surface area contributed by atoms with E-state index in [2.05, 4.69) is 37.5 Å². The zero-order chi connectivity index (χ0) is 13.6. The van der Waals surface area contributed by atoms with Gasteiger partial charge < -0.3 is 10.1 Å². The van der Waals surface area contributed by atoms with Crippen LogP contribution in [0.5, 0.6) is 0 Å². The van der Waals surface area contributed by atoms with Crippen molar-refractivity contribution in [2.24, 2.45) is 5.41 Å². The normalized spacial score (nSPS) is 36.6. The number of nitrogens with one attached hydrogen (secondary N) is 1. The average Bonchev–Trinajstić information content (AvgIpc) is 2.81. The van der Waals surface area contributed by atoms with Crippen LogP contribution in [0.4, 0.5) is 0 Å². The molecule has 1 aromatic rings. The van der Waals surface area contributed by atoms with Gasteiger partial charge in [-0.15, -0.1) is 23.1 Å². The molecule has 1 saturated carbocycles. The molecule has 0 amide bonds. The fourth-order valence-corrected chi connectivity index (χ4v) is 5.88. The molecule has 2 aliphatic rings. The van der Waals surface area contributed by atoms with Crippen LogP contribution in [0.2, 0.25) is 0 Å². The van der Waals surface area contributed by atoms with Gasteiger partial charge in [0.1, 0.15) is 0 Å². The van der Waals surface area contributed by atoms with E-state index < -0.39 is 0 Å². The summed E-state index contributed by atoms with van der Waals surface area (Å²) in [6.45, 7) is 6.97. The Bertz CT molecular complexity index is 457. The number of rotatable bonds is 3. The highest BCUT2D eigenvalue weighted by Crippen LogP contribution is 2.47. The fraction of sp³-hybridized carbons (Fsp3) is 0.733. The Morgan fingerprint density at radius 2 is 2.16 bits per heavy atom. The molecule has 19 heavy (non-hydrogen) atoms. The molecule has 1 aliphatic heterocycles. The van der Waals surface area contributed by atoms with Crippen molar-refractivity contribution >= 4 is 23.1 Å². The lowest BCUT2D eigenvalue weighted by atomic mass is 9.64. The van der Waals surface area contributed by atoms with Crippen molar-refractivity contribution < 1.29 is 4.74 Å². The van der Waals surface area contributed by atoms with Gasteiger partial charge in [-0.05, 0) is 29.9 Å². The van der Waals surface area contributed by atoms with Crippen LogP contribution in [-0.4, -0.2) is 24.5 Å². The fourth-order valence-electron chi connectivity index (χ4n) is 3.32. The standard InChI is InChI=1S/C15H23NOS2/c1-9-7-11(10-5-6-18-14(10)19-9)16-12-8-13(17-4)15(12,2)3/h5-6,9,11-13,16H,7-8H2,1-4H3/t9-,11?,12?,13?/m0/s1. The molecule has 1 fully saturated rings. The highest BCUT2D eigenvalue weighted by Gasteiger charge is 2.49. The first-order valence-electron chi connectivity index (χ1n) is 7.05. The van der Waals surface area contributed by atoms with E-state index in [-0.39, 0.29) is 5.41 Å². The Kier molecular flexibility index (Phi) is 3.71. The van der Waals surface area contributed by atoms with Gasteiger partial charge in [-0.2, -0.15) is 0 Å². The number of thiophene rings is 1. The van der Waals surface area contributed by atoms with E-state index in [0.29, 0.717) is 23.4 Å². The number of ether oxygens (including phenoxy) is 1. The monoisotopic (exact) mass is 297 g/mol. The van der Waals surface area contributed by atoms with Crippen LogP contribution in [0.1, 0.15) is 45.2 Å². The summed E-state index contributed by atoms with van der Waals surface area (Å²) in [5, 5.41) is 6.84. The molecule has 3 unspecified atom stereocenters. The van der Waals surface area contributed by atoms with E-state index in [1.54, 1.807) is 0 Å². The predicted octanol–water partition coefficient (Wildman–Crippen LogP) is 4.08. The number of fused-ring (bicyclic) bond motifs is 1. The Morgan fingerprint density at radius 1 is 1.37 bits per heavy atom. The van der Waals surface area contributed by atoms with Gasteiger partial charge in [0.2, 0.25) is 0 Å². The van der Waals surface area contributed by atoms with E-state index >= 15 is 0 Å². The molecule has 3 rings (SSSR count). The zero-order valence-corrected chi connectivity index (χ0v) is 13.7. The van der Waals surface area contributed by atoms with Crippen LogP contribution in [0.3, 0.4) is 0 Å². The van der Waals surface area contributed by atoms with Crippen molar-refractivity contribution in [3.8, 4) is 0 Å². The lowest BCUT2D eigenvalue weighted by molar-refractivity contribution is -0.101. The minimum atomic E-state index is 0.249. The molecule has 0 bridgehead atoms. The van der Waals surface area contributed by atoms with E-state index in [9.17, 15) is 0 Å². The summed E-state index contributed by atoms with van der Waals surface area (Å²) >= 11 is 3.92. The summed E-state index contributed by atoms with van der Waals surface area (Å²) in [4.78, 5) is 0. The van der Waals surface area contributed by atoms with Crippen LogP contribution in [0.15, 0.2) is 15.7 Å². The van der Waals surface area contributed by atoms with Crippen molar-refractivity contribution in [3.05, 3.63) is 17.0 Å². The van der Waals surface area contributed by atoms with Gasteiger partial charge in [-0.1, -0.05) is 20.8 Å². The molecule has 2 heterocycles. The maximum Gasteiger partial charge on any atom is 0.0652 e. The molecule has 1 aromatic heterocycles. The molecule has 0 spiro atoms. The molecule has 1 N–H and O–H groups in total. The van der Waals surface area contributed by atoms with Crippen LogP contribution >= 0.6 is 23.1 Å². The van der Waals surface area contributed by atoms with Crippen LogP contribution in [0.25, 0.3) is 0 Å². The summed E-state index contributed by atoms with van der Waals surface area (Å²) in [5.41, 5.74) is 1.77. The van der Waals surface area contributed by atoms with Gasteiger partial charge in [0.25, 0.3) is 0 Å². The third-order valence-electron chi connectivity index (χ3n) is 4.77. The molecule has 4 atom stereocenters. The molecule has 106 valence electrons. The van der Waals surface area contributed by atoms with Crippen molar-refractivity contribution in [1.29, 1.82) is 0 Å². The smallest absolute Gasteiger partial charge is 0.0652 e. The largest absolute Gasteiger partial charge is 0.381 e. The summed E-state index contributed by atoms with van der Waals surface area (Å²) in [7, 11) is 1.83. The van der Waals surface area contributed by atoms with E-state index in [4.69, 9.17) is 4.74 Å². The van der Waals surface area contributed by atoms with Gasteiger partial charge in [0.05, 0.1) is 10.3 Å². The van der Waals surface area contributed by atoms with Gasteiger partial charge in [-0.25, -0.2) is 0 Å². The molecule has 2 nitrogen and oxygen atoms in total. The molecule has 0 aromatic carbocycles. The molecule has 0 saturated heterocycles. The van der Waals surface area contributed by atoms with Gasteiger partial charge in [0.15, 0.2) is 0 Å². The van der Waals surface area contributed by atoms with Gasteiger partial charge in [0, 0.05) is 29.9 Å². The van der Waals surface area contributed by atoms with Crippen molar-refractivity contribution in [2.75, 3.05) is 7.11 Å². The van der Waals surface area contributed by atoms with Crippen molar-refractivity contribution in [3.63, 3.8) is 0 Å². The molecular weight excluding hydrogens is 274 g/mol. The summed E-state index contributed by atoms with van der Waals surface area (Å²) < 4.78 is 7.07. The highest BCUT2D eigenvalue weighted by atomic mass is 32.2. The predicted molar refractivity (Wildman–Crippen MR) is 83.1 cm³/mol. The molecule has 4 heteroatoms. The average molecular weight is 297 g/mol. The maximum absolute atomic E-state index is 5.55. The third-order valence-corrected chi connectivity index (χ3v) is 7.12. The topological polar surface area (TPSA) is 21.3 Å². The summed E-state index contributed by atoms with van der Waals surface area (Å²) in [6, 6.07) is 3.40. The van der Waals surface area contributed by atoms with Crippen molar-refractivity contribution in [2.45, 2.75) is 61.3 Å². The Morgan fingerprint density at radius 3 is 2.84 bits per heavy atom. The maximum atomic E-state index is 5.55. The minimum Gasteiger partial charge on any atom is -0.381 e. The first kappa shape index (κ1) is 13.9. The first-order chi connectivity index (χ1) is 9.02. The minimum absolute atomic E-state index is 0.249. The summed E-state index contributed by atoms with van der Waals surface area (Å²) in [6.07, 6.45) is 2.78. The second-order valence-electron chi connectivity index (χ2n) is 6.38. The number of hydrogen-bond acceptors (Lipinski definition) is 4. The zero-order valence-electron chi connectivity index (χ0n) is 12.1. The lowest BCUT2D eigenvalue weighted by Gasteiger charge is -2.53. The van der Waals surface area contributed by atoms with Crippen LogP contribution in [-0.2, 0) is 4.74 Å². The van der Waals surface area contributed by atoms with E-state index in [0.717, 1.165) is 6.42 Å². The van der Waals surface area contributed by atoms with Crippen LogP contribution < -0.4 is 5.32 Å². The van der Waals surface area contributed by atoms with Gasteiger partial charge in [-0.3, -0.25) is 0 Å². The summed E-state index contributed by atoms with van der Waals surface area (Å²) in [5.74, 6) is 0. The van der Waals surface area contributed by atoms with Crippen molar-refractivity contribution in [1.82, 2.24) is 5.32 Å². The second kappa shape index (κ2) is 5.06. The van der Waals surface area contributed by atoms with Crippen LogP contribution in [0, 0.1) is 5.41 Å². The van der Waals surface area contributed by atoms with E-state index in [1.165, 1.54) is 16.2 Å². The Hall–Kier alpha value is -0.0300. The van der Waals surface area contributed by atoms with Gasteiger partial charge >= 0.3 is 0 Å². The Balaban J connectivity index is 1.72. The third kappa shape index (κ3) is 2.37. The molecular formula is C15H23NOS2. The second-order valence-corrected chi connectivity index (χ2v) is 9.00. The molecule has 0 radical (unpaired) electrons. The Labute approximate surface area is 124 Å². The molecule has 1 aliphatic carbocycles. The highest BCUT2D eigenvalue weighted by molar-refractivity contribution is 8.01. The number of thioether (sulfide) groups is 1. The number of methoxy groups -OCH3 is 1. The first-order valence-corrected chi connectivity index (χ1v) is 8.81. The SMILES string of the molecule is COC1CC(NC2C[C@H](C)Sc3sccc32)C1(C)C. The lowest BCUT2D eigenvalue weighted by Crippen LogP contribution is -2.61. The quantitative estimate of drug-likeness (QED) is 0.908. The number of hydrogen-bond donors (Lipinski definition) is 1.